The molecule has 1 amide bonds. The largest absolute Gasteiger partial charge is 0.391 e. The van der Waals surface area contributed by atoms with Gasteiger partial charge in [-0.2, -0.15) is 13.2 Å². The maximum atomic E-state index is 12.6. The highest BCUT2D eigenvalue weighted by molar-refractivity contribution is 6.17. The Hall–Kier alpha value is -1.23. The van der Waals surface area contributed by atoms with E-state index in [2.05, 4.69) is 5.32 Å². The van der Waals surface area contributed by atoms with Crippen LogP contribution in [-0.4, -0.2) is 12.1 Å². The maximum Gasteiger partial charge on any atom is 0.391 e. The zero-order valence-electron chi connectivity index (χ0n) is 11.4. The molecule has 2 rings (SSSR count). The monoisotopic (exact) mass is 319 g/mol. The molecule has 21 heavy (non-hydrogen) atoms. The lowest BCUT2D eigenvalue weighted by molar-refractivity contribution is -0.184. The Morgan fingerprint density at radius 3 is 2.48 bits per heavy atom. The Labute approximate surface area is 126 Å². The molecule has 0 atom stereocenters. The molecule has 1 fully saturated rings. The van der Waals surface area contributed by atoms with Gasteiger partial charge in [0.25, 0.3) is 0 Å². The molecule has 1 aromatic rings. The lowest BCUT2D eigenvalue weighted by Crippen LogP contribution is -2.32. The first-order chi connectivity index (χ1) is 9.90. The van der Waals surface area contributed by atoms with Crippen LogP contribution < -0.4 is 5.32 Å². The fourth-order valence-corrected chi connectivity index (χ4v) is 2.83. The van der Waals surface area contributed by atoms with Crippen LogP contribution in [0.1, 0.15) is 31.2 Å². The van der Waals surface area contributed by atoms with Crippen LogP contribution in [0.4, 0.5) is 18.9 Å². The third-order valence-electron chi connectivity index (χ3n) is 3.91. The summed E-state index contributed by atoms with van der Waals surface area (Å²) in [6.07, 6.45) is -3.51. The summed E-state index contributed by atoms with van der Waals surface area (Å²) in [4.78, 5) is 12.1. The summed E-state index contributed by atoms with van der Waals surface area (Å²) in [5.41, 5.74) is 1.52. The number of hydrogen-bond acceptors (Lipinski definition) is 1. The Morgan fingerprint density at radius 2 is 1.90 bits per heavy atom. The second kappa shape index (κ2) is 6.69. The van der Waals surface area contributed by atoms with Gasteiger partial charge < -0.3 is 5.32 Å². The average Bonchev–Trinajstić information content (AvgIpc) is 2.46. The van der Waals surface area contributed by atoms with Gasteiger partial charge in [-0.1, -0.05) is 12.1 Å². The summed E-state index contributed by atoms with van der Waals surface area (Å²) in [6.45, 7) is 0. The van der Waals surface area contributed by atoms with E-state index in [4.69, 9.17) is 11.6 Å². The molecule has 2 nitrogen and oxygen atoms in total. The lowest BCUT2D eigenvalue weighted by atomic mass is 9.81. The Morgan fingerprint density at radius 1 is 1.24 bits per heavy atom. The van der Waals surface area contributed by atoms with Gasteiger partial charge in [0.2, 0.25) is 5.91 Å². The van der Waals surface area contributed by atoms with Crippen LogP contribution in [0.15, 0.2) is 24.3 Å². The van der Waals surface area contributed by atoms with Crippen LogP contribution in [0.2, 0.25) is 0 Å². The molecule has 1 saturated carbocycles. The van der Waals surface area contributed by atoms with Gasteiger partial charge in [-0.15, -0.1) is 11.6 Å². The van der Waals surface area contributed by atoms with E-state index in [1.165, 1.54) is 0 Å². The molecule has 0 aromatic heterocycles. The molecular weight excluding hydrogens is 303 g/mol. The minimum atomic E-state index is -4.14. The first-order valence-corrected chi connectivity index (χ1v) is 7.46. The predicted octanol–water partition coefficient (Wildman–Crippen LogP) is 4.73. The van der Waals surface area contributed by atoms with E-state index in [1.807, 2.05) is 6.07 Å². The first-order valence-electron chi connectivity index (χ1n) is 6.92. The van der Waals surface area contributed by atoms with Gasteiger partial charge in [-0.25, -0.2) is 0 Å². The van der Waals surface area contributed by atoms with E-state index in [9.17, 15) is 18.0 Å². The zero-order chi connectivity index (χ0) is 15.5. The van der Waals surface area contributed by atoms with Gasteiger partial charge in [0.15, 0.2) is 0 Å². The second-order valence-corrected chi connectivity index (χ2v) is 5.68. The predicted molar refractivity (Wildman–Crippen MR) is 76.1 cm³/mol. The molecule has 1 N–H and O–H groups in total. The Bertz CT molecular complexity index is 496. The SMILES string of the molecule is O=C(Nc1cccc(CCl)c1)C1CCC(C(F)(F)F)CC1. The molecule has 0 saturated heterocycles. The van der Waals surface area contributed by atoms with Crippen LogP contribution in [0.5, 0.6) is 0 Å². The molecule has 0 unspecified atom stereocenters. The highest BCUT2D eigenvalue weighted by atomic mass is 35.5. The average molecular weight is 320 g/mol. The molecule has 6 heteroatoms. The molecular formula is C15H17ClF3NO. The molecule has 0 bridgehead atoms. The highest BCUT2D eigenvalue weighted by Gasteiger charge is 2.42. The summed E-state index contributed by atoms with van der Waals surface area (Å²) in [6, 6.07) is 7.15. The fourth-order valence-electron chi connectivity index (χ4n) is 2.66. The van der Waals surface area contributed by atoms with Gasteiger partial charge in [0.1, 0.15) is 0 Å². The highest BCUT2D eigenvalue weighted by Crippen LogP contribution is 2.39. The van der Waals surface area contributed by atoms with E-state index in [0.717, 1.165) is 5.56 Å². The van der Waals surface area contributed by atoms with E-state index in [0.29, 0.717) is 11.6 Å². The number of anilines is 1. The number of hydrogen-bond donors (Lipinski definition) is 1. The molecule has 1 aromatic carbocycles. The molecule has 1 aliphatic carbocycles. The van der Waals surface area contributed by atoms with Crippen molar-refractivity contribution in [2.24, 2.45) is 11.8 Å². The summed E-state index contributed by atoms with van der Waals surface area (Å²) < 4.78 is 37.8. The summed E-state index contributed by atoms with van der Waals surface area (Å²) in [5.74, 6) is -1.47. The zero-order valence-corrected chi connectivity index (χ0v) is 12.2. The molecule has 0 heterocycles. The molecule has 0 radical (unpaired) electrons. The van der Waals surface area contributed by atoms with Crippen molar-refractivity contribution in [2.75, 3.05) is 5.32 Å². The third kappa shape index (κ3) is 4.37. The van der Waals surface area contributed by atoms with E-state index in [-0.39, 0.29) is 37.5 Å². The minimum absolute atomic E-state index is 0.0311. The first kappa shape index (κ1) is 16.1. The second-order valence-electron chi connectivity index (χ2n) is 5.41. The van der Waals surface area contributed by atoms with Crippen molar-refractivity contribution in [1.82, 2.24) is 0 Å². The number of halogens is 4. The standard InChI is InChI=1S/C15H17ClF3NO/c16-9-10-2-1-3-13(8-10)20-14(21)11-4-6-12(7-5-11)15(17,18)19/h1-3,8,11-12H,4-7,9H2,(H,20,21). The van der Waals surface area contributed by atoms with Crippen molar-refractivity contribution in [3.8, 4) is 0 Å². The number of amides is 1. The molecule has 1 aliphatic rings. The van der Waals surface area contributed by atoms with Crippen molar-refractivity contribution in [3.05, 3.63) is 29.8 Å². The van der Waals surface area contributed by atoms with Crippen molar-refractivity contribution < 1.29 is 18.0 Å². The number of carbonyl (C=O) groups excluding carboxylic acids is 1. The van der Waals surface area contributed by atoms with Gasteiger partial charge in [-0.05, 0) is 43.4 Å². The number of rotatable bonds is 3. The number of nitrogens with one attached hydrogen (secondary N) is 1. The summed E-state index contributed by atoms with van der Waals surface area (Å²) in [5, 5.41) is 2.76. The third-order valence-corrected chi connectivity index (χ3v) is 4.22. The van der Waals surface area contributed by atoms with Crippen molar-refractivity contribution in [2.45, 2.75) is 37.7 Å². The van der Waals surface area contributed by atoms with Crippen LogP contribution >= 0.6 is 11.6 Å². The van der Waals surface area contributed by atoms with Crippen molar-refractivity contribution in [1.29, 1.82) is 0 Å². The van der Waals surface area contributed by atoms with Crippen molar-refractivity contribution in [3.63, 3.8) is 0 Å². The van der Waals surface area contributed by atoms with E-state index >= 15 is 0 Å². The van der Waals surface area contributed by atoms with Crippen LogP contribution in [0.3, 0.4) is 0 Å². The fraction of sp³-hybridized carbons (Fsp3) is 0.533. The van der Waals surface area contributed by atoms with Gasteiger partial charge in [0, 0.05) is 17.5 Å². The Kier molecular flexibility index (Phi) is 5.14. The topological polar surface area (TPSA) is 29.1 Å². The molecule has 0 spiro atoms. The maximum absolute atomic E-state index is 12.6. The summed E-state index contributed by atoms with van der Waals surface area (Å²) in [7, 11) is 0. The number of carbonyl (C=O) groups is 1. The number of alkyl halides is 4. The van der Waals surface area contributed by atoms with E-state index < -0.39 is 12.1 Å². The van der Waals surface area contributed by atoms with Crippen LogP contribution in [-0.2, 0) is 10.7 Å². The number of benzene rings is 1. The van der Waals surface area contributed by atoms with E-state index in [1.54, 1.807) is 18.2 Å². The van der Waals surface area contributed by atoms with Crippen LogP contribution in [0.25, 0.3) is 0 Å². The Balaban J connectivity index is 1.90. The normalized spacial score (nSPS) is 22.9. The van der Waals surface area contributed by atoms with Gasteiger partial charge >= 0.3 is 6.18 Å². The summed E-state index contributed by atoms with van der Waals surface area (Å²) >= 11 is 5.72. The van der Waals surface area contributed by atoms with Crippen molar-refractivity contribution >= 4 is 23.2 Å². The molecule has 0 aliphatic heterocycles. The van der Waals surface area contributed by atoms with Gasteiger partial charge in [-0.3, -0.25) is 4.79 Å². The lowest BCUT2D eigenvalue weighted by Gasteiger charge is -2.29. The minimum Gasteiger partial charge on any atom is -0.326 e. The van der Waals surface area contributed by atoms with Crippen LogP contribution in [0, 0.1) is 11.8 Å². The smallest absolute Gasteiger partial charge is 0.326 e. The van der Waals surface area contributed by atoms with Gasteiger partial charge in [0.05, 0.1) is 5.92 Å². The molecule has 116 valence electrons. The quantitative estimate of drug-likeness (QED) is 0.802.